The minimum absolute atomic E-state index is 0.752. The number of hydrogen-bond acceptors (Lipinski definition) is 1. The number of hydrogen-bond donors (Lipinski definition) is 0. The maximum Gasteiger partial charge on any atom is 0.0948 e. The number of nitrogens with zero attached hydrogens (tertiary/aromatic N) is 2. The standard InChI is InChI=1S/C9H14N2/c1-2-8-5-9(6-8)11-4-3-10-7-11/h3-4,7-9H,2,5-6H2,1H3. The van der Waals surface area contributed by atoms with Gasteiger partial charge in [0.25, 0.3) is 0 Å². The Labute approximate surface area is 67.3 Å². The van der Waals surface area contributed by atoms with Crippen molar-refractivity contribution in [1.29, 1.82) is 0 Å². The second-order valence-electron chi connectivity index (χ2n) is 3.41. The monoisotopic (exact) mass is 150 g/mol. The summed E-state index contributed by atoms with van der Waals surface area (Å²) in [5, 5.41) is 0. The van der Waals surface area contributed by atoms with Crippen LogP contribution in [0.4, 0.5) is 0 Å². The fraction of sp³-hybridized carbons (Fsp3) is 0.667. The molecular weight excluding hydrogens is 136 g/mol. The first-order valence-corrected chi connectivity index (χ1v) is 4.37. The van der Waals surface area contributed by atoms with Gasteiger partial charge in [0.15, 0.2) is 0 Å². The number of imidazole rings is 1. The molecule has 2 rings (SSSR count). The topological polar surface area (TPSA) is 17.8 Å². The molecular formula is C9H14N2. The third kappa shape index (κ3) is 1.17. The van der Waals surface area contributed by atoms with Crippen molar-refractivity contribution < 1.29 is 0 Å². The molecule has 1 aliphatic carbocycles. The van der Waals surface area contributed by atoms with Crippen molar-refractivity contribution in [3.05, 3.63) is 18.7 Å². The van der Waals surface area contributed by atoms with Crippen molar-refractivity contribution in [2.24, 2.45) is 5.92 Å². The van der Waals surface area contributed by atoms with Crippen molar-refractivity contribution in [2.45, 2.75) is 32.2 Å². The van der Waals surface area contributed by atoms with Crippen LogP contribution in [0.2, 0.25) is 0 Å². The molecule has 0 saturated heterocycles. The molecule has 1 aromatic rings. The Morgan fingerprint density at radius 3 is 2.91 bits per heavy atom. The van der Waals surface area contributed by atoms with Crippen molar-refractivity contribution in [1.82, 2.24) is 9.55 Å². The van der Waals surface area contributed by atoms with Crippen LogP contribution >= 0.6 is 0 Å². The second kappa shape index (κ2) is 2.68. The normalized spacial score (nSPS) is 29.9. The van der Waals surface area contributed by atoms with Crippen LogP contribution in [-0.2, 0) is 0 Å². The maximum atomic E-state index is 4.04. The molecule has 0 amide bonds. The first-order valence-electron chi connectivity index (χ1n) is 4.37. The summed E-state index contributed by atoms with van der Waals surface area (Å²) in [6.07, 6.45) is 9.90. The van der Waals surface area contributed by atoms with Gasteiger partial charge >= 0.3 is 0 Å². The zero-order chi connectivity index (χ0) is 7.68. The Balaban J connectivity index is 1.92. The van der Waals surface area contributed by atoms with E-state index >= 15 is 0 Å². The lowest BCUT2D eigenvalue weighted by molar-refractivity contribution is 0.192. The molecule has 1 aromatic heterocycles. The van der Waals surface area contributed by atoms with Gasteiger partial charge in [-0.2, -0.15) is 0 Å². The SMILES string of the molecule is CCC1CC(n2ccnc2)C1. The number of rotatable bonds is 2. The van der Waals surface area contributed by atoms with E-state index < -0.39 is 0 Å². The largest absolute Gasteiger partial charge is 0.334 e. The fourth-order valence-electron chi connectivity index (χ4n) is 1.76. The smallest absolute Gasteiger partial charge is 0.0948 e. The van der Waals surface area contributed by atoms with Crippen LogP contribution in [0.25, 0.3) is 0 Å². The molecule has 1 fully saturated rings. The third-order valence-electron chi connectivity index (χ3n) is 2.73. The molecule has 0 aliphatic heterocycles. The second-order valence-corrected chi connectivity index (χ2v) is 3.41. The molecule has 2 nitrogen and oxygen atoms in total. The molecule has 0 unspecified atom stereocenters. The van der Waals surface area contributed by atoms with Crippen molar-refractivity contribution in [3.8, 4) is 0 Å². The van der Waals surface area contributed by atoms with Gasteiger partial charge in [-0.25, -0.2) is 4.98 Å². The lowest BCUT2D eigenvalue weighted by Crippen LogP contribution is -2.25. The molecule has 11 heavy (non-hydrogen) atoms. The summed E-state index contributed by atoms with van der Waals surface area (Å²) in [6.45, 7) is 2.27. The van der Waals surface area contributed by atoms with E-state index in [1.807, 2.05) is 12.5 Å². The van der Waals surface area contributed by atoms with Gasteiger partial charge in [0.05, 0.1) is 6.33 Å². The molecule has 0 N–H and O–H groups in total. The fourth-order valence-corrected chi connectivity index (χ4v) is 1.76. The molecule has 1 heterocycles. The zero-order valence-corrected chi connectivity index (χ0v) is 6.90. The van der Waals surface area contributed by atoms with Crippen molar-refractivity contribution in [2.75, 3.05) is 0 Å². The van der Waals surface area contributed by atoms with Crippen molar-refractivity contribution >= 4 is 0 Å². The van der Waals surface area contributed by atoms with Gasteiger partial charge in [-0.3, -0.25) is 0 Å². The minimum Gasteiger partial charge on any atom is -0.334 e. The summed E-state index contributed by atoms with van der Waals surface area (Å²) in [5.74, 6) is 0.974. The van der Waals surface area contributed by atoms with Gasteiger partial charge in [0.1, 0.15) is 0 Å². The molecule has 0 bridgehead atoms. The highest BCUT2D eigenvalue weighted by Gasteiger charge is 2.28. The van der Waals surface area contributed by atoms with E-state index in [1.165, 1.54) is 19.3 Å². The van der Waals surface area contributed by atoms with Crippen LogP contribution in [0.15, 0.2) is 18.7 Å². The van der Waals surface area contributed by atoms with Gasteiger partial charge < -0.3 is 4.57 Å². The van der Waals surface area contributed by atoms with Gasteiger partial charge in [0.2, 0.25) is 0 Å². The summed E-state index contributed by atoms with van der Waals surface area (Å²) in [6, 6.07) is 0.752. The zero-order valence-electron chi connectivity index (χ0n) is 6.90. The van der Waals surface area contributed by atoms with Gasteiger partial charge in [-0.15, -0.1) is 0 Å². The molecule has 1 aliphatic rings. The summed E-state index contributed by atoms with van der Waals surface area (Å²) in [5.41, 5.74) is 0. The highest BCUT2D eigenvalue weighted by molar-refractivity contribution is 4.88. The highest BCUT2D eigenvalue weighted by Crippen LogP contribution is 2.39. The first-order chi connectivity index (χ1) is 5.40. The molecule has 60 valence electrons. The van der Waals surface area contributed by atoms with Crippen LogP contribution in [0.3, 0.4) is 0 Å². The quantitative estimate of drug-likeness (QED) is 0.632. The van der Waals surface area contributed by atoms with E-state index in [2.05, 4.69) is 22.7 Å². The Bertz CT molecular complexity index is 209. The van der Waals surface area contributed by atoms with Gasteiger partial charge in [0, 0.05) is 18.4 Å². The lowest BCUT2D eigenvalue weighted by atomic mass is 9.78. The minimum atomic E-state index is 0.752. The van der Waals surface area contributed by atoms with E-state index in [0.717, 1.165) is 12.0 Å². The van der Waals surface area contributed by atoms with Crippen LogP contribution in [-0.4, -0.2) is 9.55 Å². The predicted octanol–water partition coefficient (Wildman–Crippen LogP) is 2.24. The van der Waals surface area contributed by atoms with E-state index in [0.29, 0.717) is 0 Å². The average Bonchev–Trinajstić information content (AvgIpc) is 2.37. The van der Waals surface area contributed by atoms with E-state index in [4.69, 9.17) is 0 Å². The summed E-state index contributed by atoms with van der Waals surface area (Å²) >= 11 is 0. The van der Waals surface area contributed by atoms with E-state index in [-0.39, 0.29) is 0 Å². The molecule has 0 spiro atoms. The Kier molecular flexibility index (Phi) is 1.68. The van der Waals surface area contributed by atoms with E-state index in [9.17, 15) is 0 Å². The van der Waals surface area contributed by atoms with Crippen LogP contribution in [0.5, 0.6) is 0 Å². The van der Waals surface area contributed by atoms with Crippen LogP contribution < -0.4 is 0 Å². The molecule has 2 heteroatoms. The average molecular weight is 150 g/mol. The van der Waals surface area contributed by atoms with Gasteiger partial charge in [-0.1, -0.05) is 13.3 Å². The lowest BCUT2D eigenvalue weighted by Gasteiger charge is -2.35. The highest BCUT2D eigenvalue weighted by atomic mass is 15.1. The Hall–Kier alpha value is -0.790. The maximum absolute atomic E-state index is 4.04. The Morgan fingerprint density at radius 2 is 2.36 bits per heavy atom. The first kappa shape index (κ1) is 6.89. The predicted molar refractivity (Wildman–Crippen MR) is 44.3 cm³/mol. The van der Waals surface area contributed by atoms with Crippen LogP contribution in [0, 0.1) is 5.92 Å². The summed E-state index contributed by atoms with van der Waals surface area (Å²) in [4.78, 5) is 4.04. The molecule has 0 aromatic carbocycles. The van der Waals surface area contributed by atoms with Crippen molar-refractivity contribution in [3.63, 3.8) is 0 Å². The molecule has 0 radical (unpaired) electrons. The number of aromatic nitrogens is 2. The third-order valence-corrected chi connectivity index (χ3v) is 2.73. The van der Waals surface area contributed by atoms with Gasteiger partial charge in [-0.05, 0) is 18.8 Å². The Morgan fingerprint density at radius 1 is 1.55 bits per heavy atom. The van der Waals surface area contributed by atoms with E-state index in [1.54, 1.807) is 0 Å². The molecule has 1 saturated carbocycles. The summed E-state index contributed by atoms with van der Waals surface area (Å²) < 4.78 is 2.23. The molecule has 0 atom stereocenters. The summed E-state index contributed by atoms with van der Waals surface area (Å²) in [7, 11) is 0. The van der Waals surface area contributed by atoms with Crippen LogP contribution in [0.1, 0.15) is 32.2 Å².